The molecule has 4 aliphatic heterocycles. The molecule has 9 atom stereocenters. The molecule has 4 aliphatic rings. The highest BCUT2D eigenvalue weighted by atomic mass is 35.5. The van der Waals surface area contributed by atoms with Crippen molar-refractivity contribution in [2.75, 3.05) is 105 Å². The molecule has 103 heavy (non-hydrogen) atoms. The number of allylic oxidation sites excluding steroid dienone is 3. The van der Waals surface area contributed by atoms with Crippen LogP contribution in [0.3, 0.4) is 0 Å². The third kappa shape index (κ3) is 25.0. The summed E-state index contributed by atoms with van der Waals surface area (Å²) < 4.78 is 51.8. The minimum atomic E-state index is -1.94. The maximum atomic E-state index is 14.4. The molecule has 1 unspecified atom stereocenters. The van der Waals surface area contributed by atoms with Crippen molar-refractivity contribution in [3.63, 3.8) is 0 Å². The maximum Gasteiger partial charge on any atom is 0.409 e. The quantitative estimate of drug-likeness (QED) is 0.0233. The number of rotatable bonds is 36. The van der Waals surface area contributed by atoms with Crippen molar-refractivity contribution < 1.29 is 95.7 Å². The van der Waals surface area contributed by atoms with Crippen LogP contribution in [0.15, 0.2) is 54.1 Å². The molecule has 568 valence electrons. The zero-order valence-electron chi connectivity index (χ0n) is 60.2. The summed E-state index contributed by atoms with van der Waals surface area (Å²) in [5.74, 6) is -4.27. The number of halogens is 1. The van der Waals surface area contributed by atoms with Crippen molar-refractivity contribution in [3.05, 3.63) is 81.7 Å². The number of likely N-dealkylation sites (N-methyl/N-ethyl adjacent to an activating group) is 1. The van der Waals surface area contributed by atoms with Crippen LogP contribution in [0.1, 0.15) is 120 Å². The van der Waals surface area contributed by atoms with E-state index in [1.54, 1.807) is 73.8 Å². The first kappa shape index (κ1) is 84.2. The van der Waals surface area contributed by atoms with E-state index in [2.05, 4.69) is 32.1 Å². The Morgan fingerprint density at radius 3 is 2.10 bits per heavy atom. The third-order valence-electron chi connectivity index (χ3n) is 17.4. The van der Waals surface area contributed by atoms with E-state index in [4.69, 9.17) is 69.9 Å². The fraction of sp³-hybridized carbons (Fsp3) is 0.594. The van der Waals surface area contributed by atoms with Gasteiger partial charge in [0.05, 0.1) is 101 Å². The van der Waals surface area contributed by atoms with Gasteiger partial charge in [-0.2, -0.15) is 23.5 Å². The Bertz CT molecular complexity index is 3550. The number of unbranched alkanes of at least 4 members (excludes halogenated alkanes) is 1. The number of hydrogen-bond acceptors (Lipinski definition) is 24. The number of benzene rings is 2. The lowest BCUT2D eigenvalue weighted by molar-refractivity contribution is -0.328. The molecule has 5 heterocycles. The number of hydrazine groups is 1. The van der Waals surface area contributed by atoms with Crippen LogP contribution < -0.4 is 47.5 Å². The first-order chi connectivity index (χ1) is 49.0. The lowest BCUT2D eigenvalue weighted by Gasteiger charge is -2.59. The number of anilines is 1. The highest BCUT2D eigenvalue weighted by molar-refractivity contribution is 7.98. The predicted molar refractivity (Wildman–Crippen MR) is 383 cm³/mol. The van der Waals surface area contributed by atoms with Gasteiger partial charge in [-0.1, -0.05) is 35.4 Å². The van der Waals surface area contributed by atoms with E-state index in [0.29, 0.717) is 48.7 Å². The van der Waals surface area contributed by atoms with Gasteiger partial charge in [0.25, 0.3) is 11.8 Å². The summed E-state index contributed by atoms with van der Waals surface area (Å²) in [5, 5.41) is 22.2. The molecule has 31 nitrogen and oxygen atoms in total. The summed E-state index contributed by atoms with van der Waals surface area (Å²) in [5.41, 5.74) is 10.9. The predicted octanol–water partition coefficient (Wildman–Crippen LogP) is 3.79. The fourth-order valence-corrected chi connectivity index (χ4v) is 13.0. The third-order valence-corrected chi connectivity index (χ3v) is 18.9. The van der Waals surface area contributed by atoms with Gasteiger partial charge in [-0.05, 0) is 102 Å². The normalized spacial score (nSPS) is 22.1. The molecule has 0 saturated carbocycles. The number of alkyl carbamates (subject to hydrolysis) is 1. The number of nitrogens with zero attached hydrogens (tertiary/aromatic N) is 4. The second-order valence-electron chi connectivity index (χ2n) is 25.6. The summed E-state index contributed by atoms with van der Waals surface area (Å²) >= 11 is 10.2. The maximum absolute atomic E-state index is 14.4. The summed E-state index contributed by atoms with van der Waals surface area (Å²) in [6, 6.07) is 4.86. The van der Waals surface area contributed by atoms with Gasteiger partial charge in [0.2, 0.25) is 35.4 Å². The van der Waals surface area contributed by atoms with E-state index in [1.807, 2.05) is 31.6 Å². The molecule has 9 N–H and O–H groups in total. The monoisotopic (exact) mass is 1500 g/mol. The molecule has 3 aromatic rings. The molecule has 0 radical (unpaired) electrons. The van der Waals surface area contributed by atoms with Gasteiger partial charge in [0, 0.05) is 76.9 Å². The van der Waals surface area contributed by atoms with Crippen LogP contribution >= 0.6 is 35.1 Å². The van der Waals surface area contributed by atoms with Crippen LogP contribution in [0.5, 0.6) is 5.75 Å². The summed E-state index contributed by atoms with van der Waals surface area (Å²) in [7, 11) is 5.75. The van der Waals surface area contributed by atoms with Crippen LogP contribution in [0.4, 0.5) is 10.5 Å². The van der Waals surface area contributed by atoms with E-state index in [1.165, 1.54) is 52.0 Å². The van der Waals surface area contributed by atoms with E-state index in [0.717, 1.165) is 39.5 Å². The number of esters is 1. The molecule has 9 amide bonds. The smallest absolute Gasteiger partial charge is 0.409 e. The number of methoxy groups -OCH3 is 2. The van der Waals surface area contributed by atoms with Crippen molar-refractivity contribution in [1.29, 1.82) is 0 Å². The highest BCUT2D eigenvalue weighted by Crippen LogP contribution is 2.51. The molecule has 34 heteroatoms. The summed E-state index contributed by atoms with van der Waals surface area (Å²) in [4.78, 5) is 144. The Hall–Kier alpha value is -7.73. The molecule has 1 aromatic heterocycles. The molecule has 7 rings (SSSR count). The van der Waals surface area contributed by atoms with Gasteiger partial charge in [-0.25, -0.2) is 19.6 Å². The minimum absolute atomic E-state index is 0.0519. The standard InChI is InChI=1S/C69H98ClN11O20S2/c1-41-15-14-16-53(94-9)69(92)37-55(100-66(91)77-69)68(5)40-67(4,101-68)54(36-60(86)81(7)51-32-44(31-41)33-52(93-8)61(51)70)99-65(90)43(3)80(6)59(85)18-13-12-17-58(84)78-79-62(87)42(2)73-64(89)48(35-56(71)82)76-57(83)21-23-95-25-27-97-29-30-98-28-26-96-24-22-72-63(88)45-19-20-46-47(34-45)75-50(39-103-11)49(74-46)38-102-10/h14-16,19-20,32-34,42-43,48,53-55,92H,12-13,17-18,21-31,35-40H2,1-11H3,(H2,71,82)(H,72,88)(H,73,89)(H,76,83)(H,77,91)(H,78,84)(H,79,87)/b16-14+,41-15+/t42-,43-,48-,53+,54-,55-,67+,68?,69-/m0/s1. The number of amides is 9. The second-order valence-corrected chi connectivity index (χ2v) is 27.7. The first-order valence-electron chi connectivity index (χ1n) is 33.7. The van der Waals surface area contributed by atoms with Gasteiger partial charge >= 0.3 is 12.1 Å². The number of primary amides is 1. The number of carbonyl (C=O) groups is 10. The molecule has 2 fully saturated rings. The van der Waals surface area contributed by atoms with Crippen LogP contribution in [-0.2, 0) is 94.2 Å². The van der Waals surface area contributed by atoms with Crippen molar-refractivity contribution in [2.45, 2.75) is 164 Å². The Morgan fingerprint density at radius 1 is 0.835 bits per heavy atom. The molecular formula is C69H98ClN11O20S2. The van der Waals surface area contributed by atoms with Crippen molar-refractivity contribution >= 4 is 111 Å². The lowest BCUT2D eigenvalue weighted by Crippen LogP contribution is -2.72. The number of ether oxygens (including phenoxy) is 9. The Labute approximate surface area is 612 Å². The second kappa shape index (κ2) is 40.5. The number of hydrogen-bond donors (Lipinski definition) is 8. The van der Waals surface area contributed by atoms with Crippen molar-refractivity contribution in [3.8, 4) is 5.75 Å². The van der Waals surface area contributed by atoms with Crippen LogP contribution in [0.2, 0.25) is 5.02 Å². The fourth-order valence-electron chi connectivity index (χ4n) is 11.6. The van der Waals surface area contributed by atoms with Crippen molar-refractivity contribution in [2.24, 2.45) is 5.73 Å². The van der Waals surface area contributed by atoms with E-state index >= 15 is 0 Å². The number of fused-ring (bicyclic) bond motifs is 7. The Morgan fingerprint density at radius 2 is 1.47 bits per heavy atom. The molecule has 2 saturated heterocycles. The SMILES string of the molecule is COc1cc2cc(c1Cl)N(C)C(=O)C[C@H](OC(=O)[C@H](C)N(C)C(=O)CCCCC(=O)NNC(=O)[C@H](C)NC(=O)[C@H](CC(N)=O)NC(=O)CCOCCOCCOCCOCCNC(=O)c1ccc3nc(CSC)c(CSC)nc3c1)[C@@]1(C)CC(C)(O1)[C@@H]1C[C@@](O)(NC(=O)O1)[C@H](OC)/C=C/C=C(\C)C2. The Balaban J connectivity index is 0.862. The lowest BCUT2D eigenvalue weighted by atomic mass is 9.72. The highest BCUT2D eigenvalue weighted by Gasteiger charge is 2.63. The number of nitrogens with one attached hydrogen (secondary N) is 6. The zero-order valence-corrected chi connectivity index (χ0v) is 62.6. The largest absolute Gasteiger partial charge is 0.495 e. The van der Waals surface area contributed by atoms with Crippen LogP contribution in [-0.4, -0.2) is 233 Å². The number of aliphatic hydroxyl groups is 1. The number of thioether (sulfide) groups is 2. The molecule has 6 bridgehead atoms. The zero-order chi connectivity index (χ0) is 75.6. The van der Waals surface area contributed by atoms with Crippen LogP contribution in [0, 0.1) is 0 Å². The van der Waals surface area contributed by atoms with Gasteiger partial charge in [-0.3, -0.25) is 54.5 Å². The van der Waals surface area contributed by atoms with E-state index < -0.39 is 120 Å². The molecule has 0 aliphatic carbocycles. The van der Waals surface area contributed by atoms with E-state index in [9.17, 15) is 53.1 Å². The Kier molecular flexibility index (Phi) is 33.1. The average molecular weight is 1500 g/mol. The average Bonchev–Trinajstić information content (AvgIpc) is 0.794. The summed E-state index contributed by atoms with van der Waals surface area (Å²) in [6.07, 6.45) is 4.00. The molecular weight excluding hydrogens is 1400 g/mol. The first-order valence-corrected chi connectivity index (χ1v) is 36.8. The topological polar surface area (TPSA) is 404 Å². The number of carbonyl (C=O) groups excluding carboxylic acids is 10. The minimum Gasteiger partial charge on any atom is -0.495 e. The van der Waals surface area contributed by atoms with Gasteiger partial charge in [0.1, 0.15) is 58.4 Å². The summed E-state index contributed by atoms with van der Waals surface area (Å²) in [6.45, 7) is 9.97. The van der Waals surface area contributed by atoms with E-state index in [-0.39, 0.29) is 95.5 Å². The van der Waals surface area contributed by atoms with Gasteiger partial charge in [0.15, 0.2) is 5.72 Å². The molecule has 0 spiro atoms. The van der Waals surface area contributed by atoms with Crippen LogP contribution in [0.25, 0.3) is 11.0 Å². The van der Waals surface area contributed by atoms with Gasteiger partial charge < -0.3 is 79.2 Å². The van der Waals surface area contributed by atoms with Gasteiger partial charge in [-0.15, -0.1) is 0 Å². The number of aromatic nitrogens is 2. The molecule has 2 aromatic carbocycles. The number of nitrogens with two attached hydrogens (primary N) is 1. The van der Waals surface area contributed by atoms with Crippen molar-refractivity contribution in [1.82, 2.24) is 47.0 Å².